The van der Waals surface area contributed by atoms with Crippen molar-refractivity contribution in [2.45, 2.75) is 26.6 Å². The van der Waals surface area contributed by atoms with Crippen molar-refractivity contribution in [3.63, 3.8) is 0 Å². The molecule has 5 nitrogen and oxygen atoms in total. The van der Waals surface area contributed by atoms with Gasteiger partial charge in [0.1, 0.15) is 0 Å². The number of hydrogen-bond donors (Lipinski definition) is 1. The summed E-state index contributed by atoms with van der Waals surface area (Å²) in [5.74, 6) is 0.934. The SMILES string of the molecule is CCNC(=NCc1ccccc1CN(C)C)N(C)Cc1cccn1C. The minimum Gasteiger partial charge on any atom is -0.357 e. The quantitative estimate of drug-likeness (QED) is 0.621. The number of guanidine groups is 1. The van der Waals surface area contributed by atoms with Crippen molar-refractivity contribution in [3.8, 4) is 0 Å². The lowest BCUT2D eigenvalue weighted by molar-refractivity contribution is 0.401. The van der Waals surface area contributed by atoms with E-state index in [-0.39, 0.29) is 0 Å². The molecule has 25 heavy (non-hydrogen) atoms. The number of nitrogens with one attached hydrogen (secondary N) is 1. The van der Waals surface area contributed by atoms with E-state index in [1.165, 1.54) is 16.8 Å². The number of aryl methyl sites for hydroxylation is 1. The van der Waals surface area contributed by atoms with Gasteiger partial charge in [0.05, 0.1) is 13.1 Å². The van der Waals surface area contributed by atoms with Gasteiger partial charge in [-0.2, -0.15) is 0 Å². The number of nitrogens with zero attached hydrogens (tertiary/aromatic N) is 4. The Morgan fingerprint density at radius 3 is 2.36 bits per heavy atom. The summed E-state index contributed by atoms with van der Waals surface area (Å²) in [6.07, 6.45) is 2.07. The zero-order valence-corrected chi connectivity index (χ0v) is 16.2. The Balaban J connectivity index is 2.13. The summed E-state index contributed by atoms with van der Waals surface area (Å²) in [5.41, 5.74) is 3.87. The Kier molecular flexibility index (Phi) is 7.07. The zero-order chi connectivity index (χ0) is 18.2. The van der Waals surface area contributed by atoms with Crippen molar-refractivity contribution in [1.29, 1.82) is 0 Å². The van der Waals surface area contributed by atoms with Gasteiger partial charge in [-0.05, 0) is 44.3 Å². The van der Waals surface area contributed by atoms with Gasteiger partial charge in [-0.15, -0.1) is 0 Å². The standard InChI is InChI=1S/C20H31N5/c1-6-21-20(25(5)16-19-12-9-13-24(19)4)22-14-17-10-7-8-11-18(17)15-23(2)3/h7-13H,6,14-16H2,1-5H3,(H,21,22). The van der Waals surface area contributed by atoms with E-state index >= 15 is 0 Å². The van der Waals surface area contributed by atoms with Crippen LogP contribution in [0.4, 0.5) is 0 Å². The molecule has 2 rings (SSSR count). The molecular weight excluding hydrogens is 310 g/mol. The van der Waals surface area contributed by atoms with E-state index in [1.54, 1.807) is 0 Å². The van der Waals surface area contributed by atoms with Crippen LogP contribution < -0.4 is 5.32 Å². The molecule has 1 aromatic heterocycles. The first kappa shape index (κ1) is 19.1. The Labute approximate surface area is 152 Å². The highest BCUT2D eigenvalue weighted by molar-refractivity contribution is 5.79. The number of aromatic nitrogens is 1. The van der Waals surface area contributed by atoms with Crippen LogP contribution in [-0.4, -0.2) is 48.0 Å². The first-order valence-corrected chi connectivity index (χ1v) is 8.82. The van der Waals surface area contributed by atoms with Crippen molar-refractivity contribution >= 4 is 5.96 Å². The van der Waals surface area contributed by atoms with Crippen LogP contribution in [0, 0.1) is 0 Å². The van der Waals surface area contributed by atoms with E-state index in [4.69, 9.17) is 4.99 Å². The smallest absolute Gasteiger partial charge is 0.194 e. The molecule has 0 unspecified atom stereocenters. The summed E-state index contributed by atoms with van der Waals surface area (Å²) in [4.78, 5) is 9.23. The molecule has 1 heterocycles. The molecule has 0 aliphatic heterocycles. The zero-order valence-electron chi connectivity index (χ0n) is 16.2. The second kappa shape index (κ2) is 9.28. The van der Waals surface area contributed by atoms with Crippen molar-refractivity contribution in [3.05, 3.63) is 59.4 Å². The fourth-order valence-corrected chi connectivity index (χ4v) is 2.82. The summed E-state index contributed by atoms with van der Waals surface area (Å²) in [5, 5.41) is 3.40. The molecular formula is C20H31N5. The third-order valence-corrected chi connectivity index (χ3v) is 4.15. The summed E-state index contributed by atoms with van der Waals surface area (Å²) >= 11 is 0. The average molecular weight is 342 g/mol. The maximum absolute atomic E-state index is 4.87. The molecule has 0 saturated heterocycles. The van der Waals surface area contributed by atoms with E-state index in [1.807, 2.05) is 0 Å². The molecule has 1 aromatic carbocycles. The average Bonchev–Trinajstić information content (AvgIpc) is 2.97. The van der Waals surface area contributed by atoms with Crippen LogP contribution in [0.3, 0.4) is 0 Å². The van der Waals surface area contributed by atoms with Crippen molar-refractivity contribution < 1.29 is 0 Å². The van der Waals surface area contributed by atoms with Gasteiger partial charge in [0.25, 0.3) is 0 Å². The second-order valence-electron chi connectivity index (χ2n) is 6.64. The van der Waals surface area contributed by atoms with Gasteiger partial charge in [-0.3, -0.25) is 0 Å². The maximum atomic E-state index is 4.87. The summed E-state index contributed by atoms with van der Waals surface area (Å²) < 4.78 is 2.15. The van der Waals surface area contributed by atoms with Gasteiger partial charge in [0, 0.05) is 39.1 Å². The molecule has 0 radical (unpaired) electrons. The van der Waals surface area contributed by atoms with Crippen molar-refractivity contribution in [2.24, 2.45) is 12.0 Å². The first-order chi connectivity index (χ1) is 12.0. The summed E-state index contributed by atoms with van der Waals surface area (Å²) in [7, 11) is 8.35. The van der Waals surface area contributed by atoms with E-state index in [0.717, 1.165) is 25.6 Å². The fourth-order valence-electron chi connectivity index (χ4n) is 2.82. The normalized spacial score (nSPS) is 11.8. The molecule has 0 saturated carbocycles. The number of aliphatic imine (C=N–C) groups is 1. The molecule has 0 amide bonds. The lowest BCUT2D eigenvalue weighted by Crippen LogP contribution is -2.38. The molecule has 2 aromatic rings. The summed E-state index contributed by atoms with van der Waals surface area (Å²) in [6.45, 7) is 5.40. The van der Waals surface area contributed by atoms with Gasteiger partial charge in [0.2, 0.25) is 0 Å². The predicted molar refractivity (Wildman–Crippen MR) is 106 cm³/mol. The Morgan fingerprint density at radius 2 is 1.76 bits per heavy atom. The van der Waals surface area contributed by atoms with Crippen LogP contribution in [0.15, 0.2) is 47.6 Å². The van der Waals surface area contributed by atoms with Crippen LogP contribution in [0.25, 0.3) is 0 Å². The highest BCUT2D eigenvalue weighted by Gasteiger charge is 2.09. The Hall–Kier alpha value is -2.27. The summed E-state index contributed by atoms with van der Waals surface area (Å²) in [6, 6.07) is 12.8. The minimum atomic E-state index is 0.684. The van der Waals surface area contributed by atoms with Gasteiger partial charge in [-0.1, -0.05) is 24.3 Å². The molecule has 0 fully saturated rings. The molecule has 136 valence electrons. The topological polar surface area (TPSA) is 35.8 Å². The van der Waals surface area contributed by atoms with Crippen LogP contribution in [0.2, 0.25) is 0 Å². The van der Waals surface area contributed by atoms with Gasteiger partial charge in [-0.25, -0.2) is 4.99 Å². The van der Waals surface area contributed by atoms with Crippen molar-refractivity contribution in [2.75, 3.05) is 27.7 Å². The van der Waals surface area contributed by atoms with Crippen molar-refractivity contribution in [1.82, 2.24) is 19.7 Å². The van der Waals surface area contributed by atoms with E-state index in [9.17, 15) is 0 Å². The predicted octanol–water partition coefficient (Wildman–Crippen LogP) is 2.68. The fraction of sp³-hybridized carbons (Fsp3) is 0.450. The lowest BCUT2D eigenvalue weighted by Gasteiger charge is -2.22. The van der Waals surface area contributed by atoms with E-state index in [2.05, 4.69) is 97.4 Å². The number of rotatable bonds is 7. The van der Waals surface area contributed by atoms with Crippen LogP contribution in [0.5, 0.6) is 0 Å². The molecule has 0 bridgehead atoms. The molecule has 0 aliphatic rings. The van der Waals surface area contributed by atoms with Gasteiger partial charge >= 0.3 is 0 Å². The molecule has 0 spiro atoms. The van der Waals surface area contributed by atoms with E-state index in [0.29, 0.717) is 6.54 Å². The third kappa shape index (κ3) is 5.64. The number of benzene rings is 1. The highest BCUT2D eigenvalue weighted by atomic mass is 15.3. The minimum absolute atomic E-state index is 0.684. The molecule has 0 aliphatic carbocycles. The third-order valence-electron chi connectivity index (χ3n) is 4.15. The molecule has 0 atom stereocenters. The maximum Gasteiger partial charge on any atom is 0.194 e. The Bertz CT molecular complexity index is 687. The first-order valence-electron chi connectivity index (χ1n) is 8.82. The lowest BCUT2D eigenvalue weighted by atomic mass is 10.1. The van der Waals surface area contributed by atoms with Crippen LogP contribution in [0.1, 0.15) is 23.7 Å². The van der Waals surface area contributed by atoms with Gasteiger partial charge < -0.3 is 19.7 Å². The second-order valence-corrected chi connectivity index (χ2v) is 6.64. The largest absolute Gasteiger partial charge is 0.357 e. The Morgan fingerprint density at radius 1 is 1.04 bits per heavy atom. The monoisotopic (exact) mass is 341 g/mol. The number of hydrogen-bond acceptors (Lipinski definition) is 2. The molecule has 1 N–H and O–H groups in total. The highest BCUT2D eigenvalue weighted by Crippen LogP contribution is 2.12. The van der Waals surface area contributed by atoms with Crippen LogP contribution in [-0.2, 0) is 26.7 Å². The van der Waals surface area contributed by atoms with Gasteiger partial charge in [0.15, 0.2) is 5.96 Å². The van der Waals surface area contributed by atoms with Crippen LogP contribution >= 0.6 is 0 Å². The molecule has 5 heteroatoms. The van der Waals surface area contributed by atoms with E-state index < -0.39 is 0 Å².